The van der Waals surface area contributed by atoms with Gasteiger partial charge in [0.05, 0.1) is 6.07 Å². The van der Waals surface area contributed by atoms with E-state index in [9.17, 15) is 5.26 Å². The highest BCUT2D eigenvalue weighted by Gasteiger charge is 2.31. The average molecular weight is 408 g/mol. The van der Waals surface area contributed by atoms with Crippen LogP contribution in [0.1, 0.15) is 121 Å². The highest BCUT2D eigenvalue weighted by molar-refractivity contribution is 5.26. The van der Waals surface area contributed by atoms with E-state index in [0.29, 0.717) is 11.8 Å². The van der Waals surface area contributed by atoms with Gasteiger partial charge in [0.25, 0.3) is 0 Å². The Labute approximate surface area is 186 Å². The van der Waals surface area contributed by atoms with Gasteiger partial charge in [-0.2, -0.15) is 5.26 Å². The number of aryl methyl sites for hydroxylation is 1. The van der Waals surface area contributed by atoms with Crippen LogP contribution in [0.2, 0.25) is 0 Å². The van der Waals surface area contributed by atoms with Gasteiger partial charge in [-0.05, 0) is 86.2 Å². The molecule has 2 fully saturated rings. The van der Waals surface area contributed by atoms with Crippen molar-refractivity contribution in [2.24, 2.45) is 23.7 Å². The van der Waals surface area contributed by atoms with Crippen LogP contribution in [0.25, 0.3) is 0 Å². The van der Waals surface area contributed by atoms with E-state index in [2.05, 4.69) is 44.2 Å². The number of nitriles is 1. The molecular formula is C29H45N. The summed E-state index contributed by atoms with van der Waals surface area (Å²) in [5.41, 5.74) is 3.03. The Morgan fingerprint density at radius 2 is 1.50 bits per heavy atom. The predicted octanol–water partition coefficient (Wildman–Crippen LogP) is 8.83. The molecule has 1 aromatic rings. The first-order valence-corrected chi connectivity index (χ1v) is 13.2. The highest BCUT2D eigenvalue weighted by Crippen LogP contribution is 2.42. The van der Waals surface area contributed by atoms with Gasteiger partial charge >= 0.3 is 0 Å². The zero-order valence-corrected chi connectivity index (χ0v) is 19.7. The molecule has 0 spiro atoms. The fourth-order valence-corrected chi connectivity index (χ4v) is 6.25. The maximum Gasteiger partial charge on any atom is 0.0658 e. The topological polar surface area (TPSA) is 23.8 Å². The van der Waals surface area contributed by atoms with Gasteiger partial charge in [-0.25, -0.2) is 0 Å². The first-order chi connectivity index (χ1) is 14.7. The third kappa shape index (κ3) is 6.87. The summed E-state index contributed by atoms with van der Waals surface area (Å²) in [6.45, 7) is 4.55. The van der Waals surface area contributed by atoms with E-state index in [-0.39, 0.29) is 0 Å². The molecule has 0 radical (unpaired) electrons. The van der Waals surface area contributed by atoms with E-state index in [4.69, 9.17) is 0 Å². The minimum atomic E-state index is 0.316. The van der Waals surface area contributed by atoms with E-state index in [1.54, 1.807) is 5.56 Å². The van der Waals surface area contributed by atoms with Gasteiger partial charge in [-0.15, -0.1) is 0 Å². The maximum absolute atomic E-state index is 9.90. The normalized spacial score (nSPS) is 28.0. The number of rotatable bonds is 10. The second kappa shape index (κ2) is 12.5. The van der Waals surface area contributed by atoms with Crippen molar-refractivity contribution < 1.29 is 0 Å². The molecule has 2 aliphatic carbocycles. The van der Waals surface area contributed by atoms with E-state index in [1.165, 1.54) is 102 Å². The van der Waals surface area contributed by atoms with Crippen LogP contribution in [0.5, 0.6) is 0 Å². The molecule has 0 aliphatic heterocycles. The van der Waals surface area contributed by atoms with Crippen molar-refractivity contribution in [1.82, 2.24) is 0 Å². The van der Waals surface area contributed by atoms with Crippen molar-refractivity contribution in [3.63, 3.8) is 0 Å². The quantitative estimate of drug-likeness (QED) is 0.355. The van der Waals surface area contributed by atoms with Gasteiger partial charge in [-0.1, -0.05) is 83.1 Å². The van der Waals surface area contributed by atoms with Gasteiger partial charge in [0.15, 0.2) is 0 Å². The number of nitrogens with zero attached hydrogens (tertiary/aromatic N) is 1. The minimum Gasteiger partial charge on any atom is -0.198 e. The maximum atomic E-state index is 9.90. The van der Waals surface area contributed by atoms with Crippen molar-refractivity contribution in [3.8, 4) is 6.07 Å². The lowest BCUT2D eigenvalue weighted by molar-refractivity contribution is 0.187. The number of hydrogen-bond acceptors (Lipinski definition) is 1. The minimum absolute atomic E-state index is 0.316. The van der Waals surface area contributed by atoms with E-state index in [1.807, 2.05) is 0 Å². The average Bonchev–Trinajstić information content (AvgIpc) is 2.79. The fraction of sp³-hybridized carbons (Fsp3) is 0.759. The summed E-state index contributed by atoms with van der Waals surface area (Å²) in [6, 6.07) is 12.2. The molecule has 0 saturated heterocycles. The second-order valence-electron chi connectivity index (χ2n) is 10.5. The summed E-state index contributed by atoms with van der Waals surface area (Å²) in [7, 11) is 0. The zero-order chi connectivity index (χ0) is 21.2. The fourth-order valence-electron chi connectivity index (χ4n) is 6.25. The number of unbranched alkanes of at least 4 members (excludes halogenated alkanes) is 2. The summed E-state index contributed by atoms with van der Waals surface area (Å²) in [5.74, 6) is 3.48. The van der Waals surface area contributed by atoms with Crippen LogP contribution in [-0.4, -0.2) is 0 Å². The summed E-state index contributed by atoms with van der Waals surface area (Å²) < 4.78 is 0. The molecule has 2 aliphatic rings. The molecule has 0 N–H and O–H groups in total. The standard InChI is InChI=1S/C29H45N/c1-3-5-6-8-24-11-17-28(18-12-24)29(22-30)21-25-13-19-27(20-14-25)26-15-9-23(7-4-2)10-16-26/h9-10,15-16,24-25,27-29H,3-8,11-14,17-21H2,1-2H3. The van der Waals surface area contributed by atoms with E-state index >= 15 is 0 Å². The molecule has 1 heteroatoms. The summed E-state index contributed by atoms with van der Waals surface area (Å²) in [5, 5.41) is 9.90. The summed E-state index contributed by atoms with van der Waals surface area (Å²) in [6.07, 6.45) is 19.9. The molecule has 166 valence electrons. The molecular weight excluding hydrogens is 362 g/mol. The first kappa shape index (κ1) is 23.4. The van der Waals surface area contributed by atoms with Crippen LogP contribution in [0, 0.1) is 35.0 Å². The molecule has 30 heavy (non-hydrogen) atoms. The van der Waals surface area contributed by atoms with Crippen molar-refractivity contribution in [3.05, 3.63) is 35.4 Å². The lowest BCUT2D eigenvalue weighted by Gasteiger charge is -2.34. The molecule has 0 heterocycles. The molecule has 1 atom stereocenters. The van der Waals surface area contributed by atoms with Crippen LogP contribution in [0.4, 0.5) is 0 Å². The zero-order valence-electron chi connectivity index (χ0n) is 19.7. The Balaban J connectivity index is 1.41. The first-order valence-electron chi connectivity index (χ1n) is 13.2. The third-order valence-corrected chi connectivity index (χ3v) is 8.27. The molecule has 3 rings (SSSR count). The van der Waals surface area contributed by atoms with Crippen LogP contribution < -0.4 is 0 Å². The van der Waals surface area contributed by atoms with Crippen LogP contribution in [0.15, 0.2) is 24.3 Å². The molecule has 0 aromatic heterocycles. The Bertz CT molecular complexity index is 623. The molecule has 0 amide bonds. The Morgan fingerprint density at radius 3 is 2.10 bits per heavy atom. The Hall–Kier alpha value is -1.29. The van der Waals surface area contributed by atoms with Gasteiger partial charge in [-0.3, -0.25) is 0 Å². The largest absolute Gasteiger partial charge is 0.198 e. The Morgan fingerprint density at radius 1 is 0.833 bits per heavy atom. The molecule has 1 unspecified atom stereocenters. The Kier molecular flexibility index (Phi) is 9.77. The number of benzene rings is 1. The van der Waals surface area contributed by atoms with Crippen molar-refractivity contribution in [2.45, 2.75) is 116 Å². The smallest absolute Gasteiger partial charge is 0.0658 e. The lowest BCUT2D eigenvalue weighted by atomic mass is 9.70. The summed E-state index contributed by atoms with van der Waals surface area (Å²) in [4.78, 5) is 0. The number of hydrogen-bond donors (Lipinski definition) is 0. The third-order valence-electron chi connectivity index (χ3n) is 8.27. The van der Waals surface area contributed by atoms with Gasteiger partial charge in [0, 0.05) is 5.92 Å². The van der Waals surface area contributed by atoms with Crippen molar-refractivity contribution in [2.75, 3.05) is 0 Å². The van der Waals surface area contributed by atoms with Crippen molar-refractivity contribution >= 4 is 0 Å². The predicted molar refractivity (Wildman–Crippen MR) is 128 cm³/mol. The SMILES string of the molecule is CCCCCC1CCC(C(C#N)CC2CCC(c3ccc(CCC)cc3)CC2)CC1. The molecule has 2 saturated carbocycles. The van der Waals surface area contributed by atoms with Crippen LogP contribution in [-0.2, 0) is 6.42 Å². The van der Waals surface area contributed by atoms with Crippen LogP contribution in [0.3, 0.4) is 0 Å². The van der Waals surface area contributed by atoms with E-state index in [0.717, 1.165) is 17.8 Å². The van der Waals surface area contributed by atoms with E-state index < -0.39 is 0 Å². The van der Waals surface area contributed by atoms with Crippen molar-refractivity contribution in [1.29, 1.82) is 5.26 Å². The van der Waals surface area contributed by atoms with Crippen LogP contribution >= 0.6 is 0 Å². The van der Waals surface area contributed by atoms with Gasteiger partial charge in [0.2, 0.25) is 0 Å². The highest BCUT2D eigenvalue weighted by atomic mass is 14.4. The summed E-state index contributed by atoms with van der Waals surface area (Å²) >= 11 is 0. The monoisotopic (exact) mass is 407 g/mol. The van der Waals surface area contributed by atoms with Gasteiger partial charge < -0.3 is 0 Å². The van der Waals surface area contributed by atoms with Gasteiger partial charge in [0.1, 0.15) is 0 Å². The molecule has 1 nitrogen and oxygen atoms in total. The lowest BCUT2D eigenvalue weighted by Crippen LogP contribution is -2.24. The molecule has 0 bridgehead atoms. The molecule has 1 aromatic carbocycles. The second-order valence-corrected chi connectivity index (χ2v) is 10.5.